The van der Waals surface area contributed by atoms with Crippen molar-refractivity contribution in [2.75, 3.05) is 0 Å². The van der Waals surface area contributed by atoms with E-state index in [4.69, 9.17) is 28.9 Å². The van der Waals surface area contributed by atoms with Crippen LogP contribution in [0.25, 0.3) is 10.1 Å². The molecule has 20 heavy (non-hydrogen) atoms. The molecule has 1 aromatic heterocycles. The van der Waals surface area contributed by atoms with Crippen LogP contribution in [0.15, 0.2) is 47.8 Å². The molecule has 0 spiro atoms. The van der Waals surface area contributed by atoms with E-state index in [2.05, 4.69) is 29.6 Å². The SMILES string of the molecule is NC(Cc1csc2ccccc12)c1cc(Cl)cc(Cl)c1. The zero-order chi connectivity index (χ0) is 14.1. The molecule has 0 bridgehead atoms. The van der Waals surface area contributed by atoms with Crippen molar-refractivity contribution < 1.29 is 0 Å². The second kappa shape index (κ2) is 5.74. The van der Waals surface area contributed by atoms with Gasteiger partial charge in [-0.25, -0.2) is 0 Å². The fourth-order valence-electron chi connectivity index (χ4n) is 2.33. The lowest BCUT2D eigenvalue weighted by molar-refractivity contribution is 0.727. The summed E-state index contributed by atoms with van der Waals surface area (Å²) >= 11 is 13.8. The average Bonchev–Trinajstić information content (AvgIpc) is 2.81. The lowest BCUT2D eigenvalue weighted by Gasteiger charge is -2.12. The standard InChI is InChI=1S/C16H13Cl2NS/c17-12-5-10(6-13(18)8-12)15(19)7-11-9-20-16-4-2-1-3-14(11)16/h1-6,8-9,15H,7,19H2. The molecule has 2 aromatic carbocycles. The van der Waals surface area contributed by atoms with Gasteiger partial charge in [-0.3, -0.25) is 0 Å². The number of hydrogen-bond acceptors (Lipinski definition) is 2. The van der Waals surface area contributed by atoms with Gasteiger partial charge in [-0.15, -0.1) is 11.3 Å². The van der Waals surface area contributed by atoms with Crippen LogP contribution in [0.4, 0.5) is 0 Å². The zero-order valence-electron chi connectivity index (χ0n) is 10.6. The van der Waals surface area contributed by atoms with Crippen LogP contribution in [0.2, 0.25) is 10.0 Å². The number of hydrogen-bond donors (Lipinski definition) is 1. The Bertz CT molecular complexity index is 731. The topological polar surface area (TPSA) is 26.0 Å². The van der Waals surface area contributed by atoms with Crippen molar-refractivity contribution >= 4 is 44.6 Å². The Morgan fingerprint density at radius 1 is 1.05 bits per heavy atom. The minimum Gasteiger partial charge on any atom is -0.324 e. The predicted octanol–water partition coefficient (Wildman–Crippen LogP) is 5.45. The molecule has 1 nitrogen and oxygen atoms in total. The molecule has 0 aliphatic rings. The summed E-state index contributed by atoms with van der Waals surface area (Å²) in [5, 5.41) is 4.70. The van der Waals surface area contributed by atoms with Crippen LogP contribution in [0, 0.1) is 0 Å². The van der Waals surface area contributed by atoms with E-state index >= 15 is 0 Å². The molecule has 0 saturated carbocycles. The van der Waals surface area contributed by atoms with Gasteiger partial charge in [0.25, 0.3) is 0 Å². The zero-order valence-corrected chi connectivity index (χ0v) is 13.0. The van der Waals surface area contributed by atoms with E-state index in [0.29, 0.717) is 10.0 Å². The first kappa shape index (κ1) is 13.9. The molecular weight excluding hydrogens is 309 g/mol. The van der Waals surface area contributed by atoms with Crippen molar-refractivity contribution in [2.45, 2.75) is 12.5 Å². The van der Waals surface area contributed by atoms with Crippen LogP contribution in [-0.2, 0) is 6.42 Å². The van der Waals surface area contributed by atoms with E-state index in [0.717, 1.165) is 12.0 Å². The summed E-state index contributed by atoms with van der Waals surface area (Å²) < 4.78 is 1.29. The second-order valence-electron chi connectivity index (χ2n) is 4.77. The average molecular weight is 322 g/mol. The van der Waals surface area contributed by atoms with Crippen molar-refractivity contribution in [3.8, 4) is 0 Å². The molecule has 1 heterocycles. The quantitative estimate of drug-likeness (QED) is 0.681. The van der Waals surface area contributed by atoms with Gasteiger partial charge in [0.2, 0.25) is 0 Å². The summed E-state index contributed by atoms with van der Waals surface area (Å²) in [7, 11) is 0. The normalized spacial score (nSPS) is 12.8. The predicted molar refractivity (Wildman–Crippen MR) is 88.9 cm³/mol. The fourth-order valence-corrected chi connectivity index (χ4v) is 3.85. The van der Waals surface area contributed by atoms with Crippen molar-refractivity contribution in [2.24, 2.45) is 5.73 Å². The van der Waals surface area contributed by atoms with Gasteiger partial charge in [-0.2, -0.15) is 0 Å². The number of halogens is 2. The monoisotopic (exact) mass is 321 g/mol. The molecule has 0 fully saturated rings. The van der Waals surface area contributed by atoms with Crippen LogP contribution in [0.3, 0.4) is 0 Å². The van der Waals surface area contributed by atoms with Gasteiger partial charge >= 0.3 is 0 Å². The molecular formula is C16H13Cl2NS. The minimum atomic E-state index is -0.107. The Balaban J connectivity index is 1.90. The van der Waals surface area contributed by atoms with Crippen molar-refractivity contribution in [3.05, 3.63) is 69.0 Å². The first-order valence-corrected chi connectivity index (χ1v) is 7.94. The van der Waals surface area contributed by atoms with Gasteiger partial charge in [0.1, 0.15) is 0 Å². The summed E-state index contributed by atoms with van der Waals surface area (Å²) in [6.45, 7) is 0. The van der Waals surface area contributed by atoms with Gasteiger partial charge in [-0.1, -0.05) is 41.4 Å². The van der Waals surface area contributed by atoms with E-state index in [1.807, 2.05) is 12.1 Å². The van der Waals surface area contributed by atoms with E-state index < -0.39 is 0 Å². The summed E-state index contributed by atoms with van der Waals surface area (Å²) in [5.41, 5.74) is 8.54. The molecule has 102 valence electrons. The maximum absolute atomic E-state index is 6.30. The summed E-state index contributed by atoms with van der Waals surface area (Å²) in [6.07, 6.45) is 0.778. The van der Waals surface area contributed by atoms with Crippen LogP contribution >= 0.6 is 34.5 Å². The van der Waals surface area contributed by atoms with Crippen molar-refractivity contribution in [1.29, 1.82) is 0 Å². The number of thiophene rings is 1. The molecule has 2 N–H and O–H groups in total. The largest absolute Gasteiger partial charge is 0.324 e. The third-order valence-electron chi connectivity index (χ3n) is 3.31. The first-order valence-electron chi connectivity index (χ1n) is 6.30. The maximum Gasteiger partial charge on any atom is 0.0424 e. The number of nitrogens with two attached hydrogens (primary N) is 1. The molecule has 3 rings (SSSR count). The molecule has 1 unspecified atom stereocenters. The lowest BCUT2D eigenvalue weighted by Crippen LogP contribution is -2.13. The maximum atomic E-state index is 6.30. The van der Waals surface area contributed by atoms with Crippen LogP contribution < -0.4 is 5.73 Å². The smallest absolute Gasteiger partial charge is 0.0424 e. The second-order valence-corrected chi connectivity index (χ2v) is 6.55. The minimum absolute atomic E-state index is 0.107. The number of fused-ring (bicyclic) bond motifs is 1. The van der Waals surface area contributed by atoms with Crippen LogP contribution in [0.1, 0.15) is 17.2 Å². The summed E-state index contributed by atoms with van der Waals surface area (Å²) in [5.74, 6) is 0. The Morgan fingerprint density at radius 2 is 1.75 bits per heavy atom. The third kappa shape index (κ3) is 2.84. The summed E-state index contributed by atoms with van der Waals surface area (Å²) in [6, 6.07) is 13.8. The Hall–Kier alpha value is -1.06. The molecule has 0 saturated heterocycles. The van der Waals surface area contributed by atoms with E-state index in [9.17, 15) is 0 Å². The Kier molecular flexibility index (Phi) is 3.99. The molecule has 0 aliphatic heterocycles. The molecule has 0 amide bonds. The molecule has 0 aliphatic carbocycles. The van der Waals surface area contributed by atoms with Gasteiger partial charge in [0.05, 0.1) is 0 Å². The fraction of sp³-hybridized carbons (Fsp3) is 0.125. The van der Waals surface area contributed by atoms with Gasteiger partial charge in [0.15, 0.2) is 0 Å². The highest BCUT2D eigenvalue weighted by atomic mass is 35.5. The Morgan fingerprint density at radius 3 is 2.50 bits per heavy atom. The van der Waals surface area contributed by atoms with E-state index in [1.54, 1.807) is 17.4 Å². The van der Waals surface area contributed by atoms with E-state index in [1.165, 1.54) is 15.6 Å². The first-order chi connectivity index (χ1) is 9.63. The molecule has 0 radical (unpaired) electrons. The van der Waals surface area contributed by atoms with Crippen LogP contribution in [0.5, 0.6) is 0 Å². The third-order valence-corrected chi connectivity index (χ3v) is 4.76. The molecule has 4 heteroatoms. The Labute approximate surface area is 131 Å². The highest BCUT2D eigenvalue weighted by Gasteiger charge is 2.12. The number of benzene rings is 2. The van der Waals surface area contributed by atoms with Gasteiger partial charge < -0.3 is 5.73 Å². The van der Waals surface area contributed by atoms with Gasteiger partial charge in [-0.05, 0) is 52.6 Å². The highest BCUT2D eigenvalue weighted by Crippen LogP contribution is 2.30. The van der Waals surface area contributed by atoms with E-state index in [-0.39, 0.29) is 6.04 Å². The lowest BCUT2D eigenvalue weighted by atomic mass is 9.99. The van der Waals surface area contributed by atoms with Crippen LogP contribution in [-0.4, -0.2) is 0 Å². The van der Waals surface area contributed by atoms with Crippen molar-refractivity contribution in [1.82, 2.24) is 0 Å². The molecule has 1 atom stereocenters. The highest BCUT2D eigenvalue weighted by molar-refractivity contribution is 7.17. The number of rotatable bonds is 3. The summed E-state index contributed by atoms with van der Waals surface area (Å²) in [4.78, 5) is 0. The van der Waals surface area contributed by atoms with Crippen molar-refractivity contribution in [3.63, 3.8) is 0 Å². The molecule has 3 aromatic rings. The van der Waals surface area contributed by atoms with Gasteiger partial charge in [0, 0.05) is 20.8 Å².